The highest BCUT2D eigenvalue weighted by Crippen LogP contribution is 2.43. The number of hydrogen-bond acceptors (Lipinski definition) is 1. The second-order valence-electron chi connectivity index (χ2n) is 8.69. The van der Waals surface area contributed by atoms with E-state index in [0.29, 0.717) is 0 Å². The molecule has 146 valence electrons. The Bertz CT molecular complexity index is 1800. The number of hydrogen-bond donors (Lipinski definition) is 0. The SMILES string of the molecule is Cc1ccc2cc(-c3cc(C)c4sc5ccccc5c4c3)c3cccc4ccc1c2c43. The van der Waals surface area contributed by atoms with Crippen LogP contribution in [0.1, 0.15) is 11.1 Å². The van der Waals surface area contributed by atoms with Crippen LogP contribution in [0.15, 0.2) is 84.9 Å². The quantitative estimate of drug-likeness (QED) is 0.236. The highest BCUT2D eigenvalue weighted by molar-refractivity contribution is 7.26. The average Bonchev–Trinajstić information content (AvgIpc) is 3.18. The minimum Gasteiger partial charge on any atom is -0.135 e. The summed E-state index contributed by atoms with van der Waals surface area (Å²) in [5.41, 5.74) is 5.34. The summed E-state index contributed by atoms with van der Waals surface area (Å²) in [6.07, 6.45) is 0. The van der Waals surface area contributed by atoms with Crippen molar-refractivity contribution in [1.82, 2.24) is 0 Å². The molecular weight excluding hydrogens is 392 g/mol. The smallest absolute Gasteiger partial charge is 0.0385 e. The molecule has 1 heterocycles. The molecule has 0 bridgehead atoms. The standard InChI is InChI=1S/C30H20S/c1-17-10-11-20-15-25(24-8-5-6-19-12-13-22(17)29(20)28(19)24)21-14-18(2)30-26(16-21)23-7-3-4-9-27(23)31-30/h3-16H,1-2H3. The maximum Gasteiger partial charge on any atom is 0.0385 e. The van der Waals surface area contributed by atoms with Crippen LogP contribution in [-0.2, 0) is 0 Å². The fourth-order valence-electron chi connectivity index (χ4n) is 5.37. The molecule has 0 atom stereocenters. The molecule has 0 N–H and O–H groups in total. The fraction of sp³-hybridized carbons (Fsp3) is 0.0667. The molecule has 7 aromatic rings. The lowest BCUT2D eigenvalue weighted by atomic mass is 9.87. The molecule has 0 saturated carbocycles. The van der Waals surface area contributed by atoms with Crippen LogP contribution in [0.3, 0.4) is 0 Å². The van der Waals surface area contributed by atoms with Gasteiger partial charge in [-0.15, -0.1) is 11.3 Å². The van der Waals surface area contributed by atoms with Crippen LogP contribution in [0.4, 0.5) is 0 Å². The number of rotatable bonds is 1. The largest absolute Gasteiger partial charge is 0.135 e. The number of aryl methyl sites for hydroxylation is 2. The Morgan fingerprint density at radius 1 is 0.548 bits per heavy atom. The summed E-state index contributed by atoms with van der Waals surface area (Å²) in [4.78, 5) is 0. The van der Waals surface area contributed by atoms with Crippen molar-refractivity contribution < 1.29 is 0 Å². The monoisotopic (exact) mass is 412 g/mol. The minimum atomic E-state index is 1.31. The van der Waals surface area contributed by atoms with Crippen molar-refractivity contribution in [3.05, 3.63) is 96.1 Å². The van der Waals surface area contributed by atoms with E-state index in [1.54, 1.807) is 0 Å². The summed E-state index contributed by atoms with van der Waals surface area (Å²) in [7, 11) is 0. The van der Waals surface area contributed by atoms with E-state index in [2.05, 4.69) is 98.8 Å². The van der Waals surface area contributed by atoms with E-state index in [-0.39, 0.29) is 0 Å². The average molecular weight is 413 g/mol. The van der Waals surface area contributed by atoms with E-state index in [1.165, 1.54) is 74.7 Å². The van der Waals surface area contributed by atoms with Crippen molar-refractivity contribution in [3.63, 3.8) is 0 Å². The minimum absolute atomic E-state index is 1.31. The second kappa shape index (κ2) is 6.06. The van der Waals surface area contributed by atoms with Gasteiger partial charge in [-0.05, 0) is 92.7 Å². The van der Waals surface area contributed by atoms with Gasteiger partial charge < -0.3 is 0 Å². The van der Waals surface area contributed by atoms with Crippen molar-refractivity contribution in [2.45, 2.75) is 13.8 Å². The molecular formula is C30H20S. The maximum atomic E-state index is 2.41. The van der Waals surface area contributed by atoms with E-state index in [1.807, 2.05) is 11.3 Å². The van der Waals surface area contributed by atoms with E-state index >= 15 is 0 Å². The Kier molecular flexibility index (Phi) is 3.38. The number of thiophene rings is 1. The van der Waals surface area contributed by atoms with Gasteiger partial charge in [0.05, 0.1) is 0 Å². The lowest BCUT2D eigenvalue weighted by Crippen LogP contribution is -1.90. The van der Waals surface area contributed by atoms with Gasteiger partial charge >= 0.3 is 0 Å². The molecule has 0 radical (unpaired) electrons. The first kappa shape index (κ1) is 17.3. The van der Waals surface area contributed by atoms with Crippen LogP contribution < -0.4 is 0 Å². The van der Waals surface area contributed by atoms with Gasteiger partial charge in [-0.1, -0.05) is 60.7 Å². The Morgan fingerprint density at radius 2 is 1.35 bits per heavy atom. The third-order valence-corrected chi connectivity index (χ3v) is 8.16. The van der Waals surface area contributed by atoms with Gasteiger partial charge in [0.1, 0.15) is 0 Å². The molecule has 6 aromatic carbocycles. The van der Waals surface area contributed by atoms with Crippen LogP contribution in [0, 0.1) is 13.8 Å². The summed E-state index contributed by atoms with van der Waals surface area (Å²) in [6, 6.07) is 31.8. The molecule has 0 fully saturated rings. The van der Waals surface area contributed by atoms with Gasteiger partial charge in [0.25, 0.3) is 0 Å². The fourth-order valence-corrected chi connectivity index (χ4v) is 6.52. The second-order valence-corrected chi connectivity index (χ2v) is 9.74. The number of fused-ring (bicyclic) bond motifs is 3. The zero-order valence-electron chi connectivity index (χ0n) is 17.5. The van der Waals surface area contributed by atoms with Crippen LogP contribution in [0.5, 0.6) is 0 Å². The van der Waals surface area contributed by atoms with Crippen molar-refractivity contribution >= 4 is 63.8 Å². The predicted octanol–water partition coefficient (Wildman–Crippen LogP) is 9.24. The first-order chi connectivity index (χ1) is 15.2. The molecule has 0 amide bonds. The van der Waals surface area contributed by atoms with E-state index in [4.69, 9.17) is 0 Å². The normalized spacial score (nSPS) is 12.2. The topological polar surface area (TPSA) is 0 Å². The zero-order valence-corrected chi connectivity index (χ0v) is 18.3. The molecule has 1 aromatic heterocycles. The van der Waals surface area contributed by atoms with Gasteiger partial charge in [-0.25, -0.2) is 0 Å². The highest BCUT2D eigenvalue weighted by Gasteiger charge is 2.16. The molecule has 0 spiro atoms. The predicted molar refractivity (Wildman–Crippen MR) is 138 cm³/mol. The van der Waals surface area contributed by atoms with Crippen LogP contribution in [0.2, 0.25) is 0 Å². The highest BCUT2D eigenvalue weighted by atomic mass is 32.1. The van der Waals surface area contributed by atoms with Crippen LogP contribution >= 0.6 is 11.3 Å². The molecule has 0 aliphatic rings. The van der Waals surface area contributed by atoms with Crippen molar-refractivity contribution in [3.8, 4) is 11.1 Å². The first-order valence-electron chi connectivity index (χ1n) is 10.8. The molecule has 0 unspecified atom stereocenters. The van der Waals surface area contributed by atoms with Gasteiger partial charge in [-0.3, -0.25) is 0 Å². The summed E-state index contributed by atoms with van der Waals surface area (Å²) < 4.78 is 2.76. The summed E-state index contributed by atoms with van der Waals surface area (Å²) >= 11 is 1.90. The van der Waals surface area contributed by atoms with Gasteiger partial charge in [0, 0.05) is 20.2 Å². The van der Waals surface area contributed by atoms with Gasteiger partial charge in [-0.2, -0.15) is 0 Å². The summed E-state index contributed by atoms with van der Waals surface area (Å²) in [5, 5.41) is 10.9. The molecule has 0 nitrogen and oxygen atoms in total. The van der Waals surface area contributed by atoms with E-state index in [9.17, 15) is 0 Å². The molecule has 0 aliphatic heterocycles. The Balaban J connectivity index is 1.65. The van der Waals surface area contributed by atoms with E-state index < -0.39 is 0 Å². The Hall–Kier alpha value is -3.42. The molecule has 31 heavy (non-hydrogen) atoms. The maximum absolute atomic E-state index is 2.41. The third kappa shape index (κ3) is 2.30. The molecule has 0 saturated heterocycles. The van der Waals surface area contributed by atoms with Crippen LogP contribution in [0.25, 0.3) is 63.6 Å². The number of benzene rings is 6. The van der Waals surface area contributed by atoms with Crippen LogP contribution in [-0.4, -0.2) is 0 Å². The lowest BCUT2D eigenvalue weighted by Gasteiger charge is -2.16. The van der Waals surface area contributed by atoms with E-state index in [0.717, 1.165) is 0 Å². The third-order valence-electron chi connectivity index (χ3n) is 6.84. The van der Waals surface area contributed by atoms with Crippen molar-refractivity contribution in [2.24, 2.45) is 0 Å². The summed E-state index contributed by atoms with van der Waals surface area (Å²) in [6.45, 7) is 4.47. The Labute approximate surface area is 184 Å². The van der Waals surface area contributed by atoms with Crippen molar-refractivity contribution in [1.29, 1.82) is 0 Å². The lowest BCUT2D eigenvalue weighted by molar-refractivity contribution is 1.54. The molecule has 0 aliphatic carbocycles. The van der Waals surface area contributed by atoms with Gasteiger partial charge in [0.15, 0.2) is 0 Å². The molecule has 1 heteroatoms. The van der Waals surface area contributed by atoms with Crippen molar-refractivity contribution in [2.75, 3.05) is 0 Å². The zero-order chi connectivity index (χ0) is 20.7. The summed E-state index contributed by atoms with van der Waals surface area (Å²) in [5.74, 6) is 0. The first-order valence-corrected chi connectivity index (χ1v) is 11.6. The Morgan fingerprint density at radius 3 is 2.29 bits per heavy atom. The van der Waals surface area contributed by atoms with Gasteiger partial charge in [0.2, 0.25) is 0 Å². The molecule has 7 rings (SSSR count).